The van der Waals surface area contributed by atoms with Crippen LogP contribution in [0.5, 0.6) is 0 Å². The predicted octanol–water partition coefficient (Wildman–Crippen LogP) is 8.45. The molecule has 6 nitrogen and oxygen atoms in total. The second-order valence-electron chi connectivity index (χ2n) is 9.91. The SMILES string of the molecule is CCCCCCCCCc1ccccc1S(=O)(=O)O.CCCCCCCCCc1ccccc1S(=O)(=O)O. The molecule has 0 amide bonds. The zero-order chi connectivity index (χ0) is 28.3. The third-order valence-corrected chi connectivity index (χ3v) is 8.51. The quantitative estimate of drug-likeness (QED) is 0.138. The fourth-order valence-electron chi connectivity index (χ4n) is 4.47. The van der Waals surface area contributed by atoms with Crippen LogP contribution in [0.15, 0.2) is 58.3 Å². The maximum atomic E-state index is 11.2. The molecule has 0 aliphatic carbocycles. The number of hydrogen-bond acceptors (Lipinski definition) is 4. The lowest BCUT2D eigenvalue weighted by Crippen LogP contribution is -2.03. The summed E-state index contributed by atoms with van der Waals surface area (Å²) in [5, 5.41) is 0. The van der Waals surface area contributed by atoms with Crippen LogP contribution in [0.1, 0.15) is 115 Å². The smallest absolute Gasteiger partial charge is 0.282 e. The Morgan fingerprint density at radius 2 is 0.763 bits per heavy atom. The number of unbranched alkanes of at least 4 members (excludes halogenated alkanes) is 12. The van der Waals surface area contributed by atoms with Gasteiger partial charge in [-0.2, -0.15) is 16.8 Å². The molecule has 216 valence electrons. The highest BCUT2D eigenvalue weighted by molar-refractivity contribution is 7.86. The molecule has 0 radical (unpaired) electrons. The molecular formula is C30H48O6S2. The first-order valence-electron chi connectivity index (χ1n) is 14.2. The first-order chi connectivity index (χ1) is 18.1. The molecule has 0 bridgehead atoms. The van der Waals surface area contributed by atoms with E-state index < -0.39 is 20.2 Å². The molecule has 2 aromatic rings. The van der Waals surface area contributed by atoms with Crippen molar-refractivity contribution in [2.45, 2.75) is 126 Å². The van der Waals surface area contributed by atoms with Gasteiger partial charge in [0.25, 0.3) is 20.2 Å². The molecule has 8 heteroatoms. The fourth-order valence-corrected chi connectivity index (χ4v) is 5.97. The Morgan fingerprint density at radius 1 is 0.474 bits per heavy atom. The first kappa shape index (κ1) is 34.3. The Hall–Kier alpha value is -1.74. The molecule has 2 rings (SSSR count). The summed E-state index contributed by atoms with van der Waals surface area (Å²) in [6, 6.07) is 13.4. The van der Waals surface area contributed by atoms with Gasteiger partial charge in [0.05, 0.1) is 9.79 Å². The van der Waals surface area contributed by atoms with Crippen molar-refractivity contribution in [1.82, 2.24) is 0 Å². The Morgan fingerprint density at radius 3 is 1.08 bits per heavy atom. The van der Waals surface area contributed by atoms with Crippen LogP contribution in [0.4, 0.5) is 0 Å². The van der Waals surface area contributed by atoms with E-state index in [-0.39, 0.29) is 9.79 Å². The number of aryl methyl sites for hydroxylation is 2. The van der Waals surface area contributed by atoms with Crippen molar-refractivity contribution in [2.75, 3.05) is 0 Å². The molecule has 0 saturated heterocycles. The topological polar surface area (TPSA) is 109 Å². The Kier molecular flexibility index (Phi) is 17.5. The molecule has 0 atom stereocenters. The van der Waals surface area contributed by atoms with Gasteiger partial charge in [0, 0.05) is 0 Å². The third-order valence-electron chi connectivity index (χ3n) is 6.60. The standard InChI is InChI=1S/2C15H24O3S/c2*1-2-3-4-5-6-7-8-11-14-12-9-10-13-15(14)19(16,17)18/h2*9-10,12-13H,2-8,11H2,1H3,(H,16,17,18). The van der Waals surface area contributed by atoms with Crippen LogP contribution in [-0.2, 0) is 33.1 Å². The second kappa shape index (κ2) is 19.3. The summed E-state index contributed by atoms with van der Waals surface area (Å²) in [6.45, 7) is 4.40. The van der Waals surface area contributed by atoms with Crippen molar-refractivity contribution < 1.29 is 25.9 Å². The summed E-state index contributed by atoms with van der Waals surface area (Å²) in [7, 11) is -8.18. The van der Waals surface area contributed by atoms with E-state index in [0.717, 1.165) is 36.8 Å². The third kappa shape index (κ3) is 15.0. The zero-order valence-corrected chi connectivity index (χ0v) is 24.9. The minimum atomic E-state index is -4.09. The first-order valence-corrected chi connectivity index (χ1v) is 17.1. The molecule has 0 heterocycles. The van der Waals surface area contributed by atoms with Gasteiger partial charge in [-0.3, -0.25) is 9.11 Å². The van der Waals surface area contributed by atoms with Gasteiger partial charge in [0.15, 0.2) is 0 Å². The summed E-state index contributed by atoms with van der Waals surface area (Å²) in [4.78, 5) is 0.113. The normalized spacial score (nSPS) is 11.7. The van der Waals surface area contributed by atoms with Crippen LogP contribution in [0, 0.1) is 0 Å². The van der Waals surface area contributed by atoms with Crippen molar-refractivity contribution >= 4 is 20.2 Å². The molecular weight excluding hydrogens is 520 g/mol. The molecule has 0 aromatic heterocycles. The largest absolute Gasteiger partial charge is 0.294 e. The average Bonchev–Trinajstić information content (AvgIpc) is 2.87. The molecule has 0 unspecified atom stereocenters. The molecule has 2 N–H and O–H groups in total. The van der Waals surface area contributed by atoms with Crippen molar-refractivity contribution in [1.29, 1.82) is 0 Å². The van der Waals surface area contributed by atoms with E-state index in [0.29, 0.717) is 12.8 Å². The summed E-state index contributed by atoms with van der Waals surface area (Å²) < 4.78 is 63.1. The van der Waals surface area contributed by atoms with E-state index in [9.17, 15) is 16.8 Å². The van der Waals surface area contributed by atoms with Gasteiger partial charge >= 0.3 is 0 Å². The van der Waals surface area contributed by atoms with Crippen molar-refractivity contribution in [2.24, 2.45) is 0 Å². The van der Waals surface area contributed by atoms with E-state index >= 15 is 0 Å². The van der Waals surface area contributed by atoms with Crippen LogP contribution >= 0.6 is 0 Å². The molecule has 2 aromatic carbocycles. The van der Waals surface area contributed by atoms with Gasteiger partial charge in [0.1, 0.15) is 0 Å². The van der Waals surface area contributed by atoms with Crippen molar-refractivity contribution in [3.63, 3.8) is 0 Å². The molecule has 38 heavy (non-hydrogen) atoms. The summed E-state index contributed by atoms with van der Waals surface area (Å²) in [5.41, 5.74) is 1.44. The Bertz CT molecular complexity index is 1020. The molecule has 0 fully saturated rings. The van der Waals surface area contributed by atoms with E-state index in [1.165, 1.54) is 76.3 Å². The van der Waals surface area contributed by atoms with Gasteiger partial charge in [-0.15, -0.1) is 0 Å². The van der Waals surface area contributed by atoms with E-state index in [4.69, 9.17) is 9.11 Å². The summed E-state index contributed by atoms with van der Waals surface area (Å²) in [5.74, 6) is 0. The van der Waals surface area contributed by atoms with Crippen LogP contribution in [0.25, 0.3) is 0 Å². The second-order valence-corrected chi connectivity index (χ2v) is 12.7. The maximum absolute atomic E-state index is 11.2. The highest BCUT2D eigenvalue weighted by Gasteiger charge is 2.14. The fraction of sp³-hybridized carbons (Fsp3) is 0.600. The molecule has 0 saturated carbocycles. The Labute approximate surface area is 231 Å². The lowest BCUT2D eigenvalue weighted by atomic mass is 10.0. The van der Waals surface area contributed by atoms with E-state index in [1.54, 1.807) is 24.3 Å². The minimum Gasteiger partial charge on any atom is -0.282 e. The number of hydrogen-bond donors (Lipinski definition) is 2. The zero-order valence-electron chi connectivity index (χ0n) is 23.3. The van der Waals surface area contributed by atoms with Gasteiger partial charge < -0.3 is 0 Å². The lowest BCUT2D eigenvalue weighted by Gasteiger charge is -2.06. The van der Waals surface area contributed by atoms with Crippen LogP contribution in [0.2, 0.25) is 0 Å². The molecule has 0 aliphatic rings. The highest BCUT2D eigenvalue weighted by atomic mass is 32.2. The van der Waals surface area contributed by atoms with E-state index in [1.807, 2.05) is 12.1 Å². The molecule has 0 spiro atoms. The predicted molar refractivity (Wildman–Crippen MR) is 156 cm³/mol. The molecule has 0 aliphatic heterocycles. The highest BCUT2D eigenvalue weighted by Crippen LogP contribution is 2.19. The van der Waals surface area contributed by atoms with Crippen molar-refractivity contribution in [3.05, 3.63) is 59.7 Å². The monoisotopic (exact) mass is 568 g/mol. The number of rotatable bonds is 18. The maximum Gasteiger partial charge on any atom is 0.294 e. The lowest BCUT2D eigenvalue weighted by molar-refractivity contribution is 0.479. The summed E-state index contributed by atoms with van der Waals surface area (Å²) in [6.07, 6.45) is 18.2. The Balaban J connectivity index is 0.000000380. The van der Waals surface area contributed by atoms with Gasteiger partial charge in [-0.25, -0.2) is 0 Å². The number of benzene rings is 2. The summed E-state index contributed by atoms with van der Waals surface area (Å²) >= 11 is 0. The van der Waals surface area contributed by atoms with Crippen LogP contribution < -0.4 is 0 Å². The van der Waals surface area contributed by atoms with Crippen LogP contribution in [0.3, 0.4) is 0 Å². The van der Waals surface area contributed by atoms with E-state index in [2.05, 4.69) is 13.8 Å². The van der Waals surface area contributed by atoms with Gasteiger partial charge in [-0.1, -0.05) is 127 Å². The van der Waals surface area contributed by atoms with Gasteiger partial charge in [-0.05, 0) is 48.9 Å². The van der Waals surface area contributed by atoms with Gasteiger partial charge in [0.2, 0.25) is 0 Å². The average molecular weight is 569 g/mol. The van der Waals surface area contributed by atoms with Crippen LogP contribution in [-0.4, -0.2) is 25.9 Å². The van der Waals surface area contributed by atoms with Crippen molar-refractivity contribution in [3.8, 4) is 0 Å². The minimum absolute atomic E-state index is 0.0565.